The summed E-state index contributed by atoms with van der Waals surface area (Å²) in [4.78, 5) is 14.0. The number of hydrogen-bond donors (Lipinski definition) is 1. The van der Waals surface area contributed by atoms with Gasteiger partial charge in [-0.15, -0.1) is 11.3 Å². The van der Waals surface area contributed by atoms with E-state index in [2.05, 4.69) is 32.2 Å². The highest BCUT2D eigenvalue weighted by atomic mass is 32.2. The average molecular weight is 435 g/mol. The van der Waals surface area contributed by atoms with E-state index in [1.807, 2.05) is 23.6 Å². The van der Waals surface area contributed by atoms with Gasteiger partial charge >= 0.3 is 0 Å². The third-order valence-electron chi connectivity index (χ3n) is 5.43. The van der Waals surface area contributed by atoms with Gasteiger partial charge in [0.15, 0.2) is 0 Å². The van der Waals surface area contributed by atoms with E-state index in [4.69, 9.17) is 0 Å². The van der Waals surface area contributed by atoms with Gasteiger partial charge in [-0.05, 0) is 53.8 Å². The van der Waals surface area contributed by atoms with Crippen LogP contribution in [-0.4, -0.2) is 38.3 Å². The smallest absolute Gasteiger partial charge is 0.243 e. The summed E-state index contributed by atoms with van der Waals surface area (Å²) in [5.41, 5.74) is 1.09. The SMILES string of the molecule is CC(C)(C)c1ccc(S(=O)(=O)N2CCC(C(=O)NCCc3cccs3)CC2)cc1. The van der Waals surface area contributed by atoms with Gasteiger partial charge in [-0.2, -0.15) is 4.31 Å². The molecule has 0 atom stereocenters. The highest BCUT2D eigenvalue weighted by Gasteiger charge is 2.32. The number of nitrogens with one attached hydrogen (secondary N) is 1. The first-order valence-corrected chi connectivity index (χ1v) is 12.4. The van der Waals surface area contributed by atoms with Crippen molar-refractivity contribution in [1.29, 1.82) is 0 Å². The number of carbonyl (C=O) groups is 1. The third-order valence-corrected chi connectivity index (χ3v) is 8.28. The zero-order valence-corrected chi connectivity index (χ0v) is 19.0. The second kappa shape index (κ2) is 8.98. The van der Waals surface area contributed by atoms with Gasteiger partial charge in [0.05, 0.1) is 4.90 Å². The van der Waals surface area contributed by atoms with Gasteiger partial charge in [0.25, 0.3) is 0 Å². The van der Waals surface area contributed by atoms with Crippen LogP contribution in [0.25, 0.3) is 0 Å². The largest absolute Gasteiger partial charge is 0.355 e. The molecule has 0 saturated carbocycles. The van der Waals surface area contributed by atoms with Crippen LogP contribution in [0.2, 0.25) is 0 Å². The van der Waals surface area contributed by atoms with Gasteiger partial charge in [0.1, 0.15) is 0 Å². The zero-order chi connectivity index (χ0) is 21.1. The summed E-state index contributed by atoms with van der Waals surface area (Å²) < 4.78 is 27.4. The molecular weight excluding hydrogens is 404 g/mol. The maximum Gasteiger partial charge on any atom is 0.243 e. The molecule has 1 aromatic carbocycles. The summed E-state index contributed by atoms with van der Waals surface area (Å²) >= 11 is 1.69. The fourth-order valence-electron chi connectivity index (χ4n) is 3.54. The summed E-state index contributed by atoms with van der Waals surface area (Å²) in [6, 6.07) is 11.2. The molecule has 0 radical (unpaired) electrons. The Kier molecular flexibility index (Phi) is 6.81. The molecule has 1 aliphatic heterocycles. The minimum atomic E-state index is -3.52. The molecular formula is C22H30N2O3S2. The van der Waals surface area contributed by atoms with Crippen molar-refractivity contribution in [2.75, 3.05) is 19.6 Å². The first-order valence-electron chi connectivity index (χ1n) is 10.1. The second-order valence-corrected chi connectivity index (χ2v) is 11.5. The Bertz CT molecular complexity index is 906. The Balaban J connectivity index is 1.53. The lowest BCUT2D eigenvalue weighted by molar-refractivity contribution is -0.126. The monoisotopic (exact) mass is 434 g/mol. The number of piperidine rings is 1. The standard InChI is InChI=1S/C22H30N2O3S2/c1-22(2,3)18-6-8-20(9-7-18)29(26,27)24-14-11-17(12-15-24)21(25)23-13-10-19-5-4-16-28-19/h4-9,16-17H,10-15H2,1-3H3,(H,23,25). The van der Waals surface area contributed by atoms with E-state index in [1.165, 1.54) is 9.18 Å². The first-order chi connectivity index (χ1) is 13.7. The Morgan fingerprint density at radius 2 is 1.79 bits per heavy atom. The molecule has 5 nitrogen and oxygen atoms in total. The van der Waals surface area contributed by atoms with Crippen molar-refractivity contribution >= 4 is 27.3 Å². The predicted molar refractivity (Wildman–Crippen MR) is 118 cm³/mol. The van der Waals surface area contributed by atoms with Crippen molar-refractivity contribution in [1.82, 2.24) is 9.62 Å². The summed E-state index contributed by atoms with van der Waals surface area (Å²) in [6.45, 7) is 7.70. The lowest BCUT2D eigenvalue weighted by Crippen LogP contribution is -2.43. The molecule has 0 unspecified atom stereocenters. The number of thiophene rings is 1. The number of carbonyl (C=O) groups excluding carboxylic acids is 1. The third kappa shape index (κ3) is 5.47. The molecule has 2 heterocycles. The number of benzene rings is 1. The quantitative estimate of drug-likeness (QED) is 0.752. The van der Waals surface area contributed by atoms with Gasteiger partial charge in [-0.1, -0.05) is 39.0 Å². The van der Waals surface area contributed by atoms with Crippen LogP contribution < -0.4 is 5.32 Å². The molecule has 2 aromatic rings. The van der Waals surface area contributed by atoms with Crippen LogP contribution in [0.15, 0.2) is 46.7 Å². The molecule has 29 heavy (non-hydrogen) atoms. The zero-order valence-electron chi connectivity index (χ0n) is 17.3. The Morgan fingerprint density at radius 3 is 2.34 bits per heavy atom. The van der Waals surface area contributed by atoms with E-state index in [1.54, 1.807) is 23.5 Å². The van der Waals surface area contributed by atoms with Crippen LogP contribution in [0.3, 0.4) is 0 Å². The van der Waals surface area contributed by atoms with E-state index >= 15 is 0 Å². The fraction of sp³-hybridized carbons (Fsp3) is 0.500. The fourth-order valence-corrected chi connectivity index (χ4v) is 5.72. The van der Waals surface area contributed by atoms with Crippen LogP contribution in [0.4, 0.5) is 0 Å². The van der Waals surface area contributed by atoms with Crippen molar-refractivity contribution in [2.45, 2.75) is 50.3 Å². The second-order valence-electron chi connectivity index (χ2n) is 8.57. The van der Waals surface area contributed by atoms with Crippen LogP contribution in [-0.2, 0) is 26.7 Å². The molecule has 1 N–H and O–H groups in total. The summed E-state index contributed by atoms with van der Waals surface area (Å²) in [5, 5.41) is 5.03. The van der Waals surface area contributed by atoms with Gasteiger partial charge in [0, 0.05) is 30.4 Å². The number of nitrogens with zero attached hydrogens (tertiary/aromatic N) is 1. The van der Waals surface area contributed by atoms with E-state index in [9.17, 15) is 13.2 Å². The lowest BCUT2D eigenvalue weighted by Gasteiger charge is -2.30. The molecule has 1 amide bonds. The molecule has 0 spiro atoms. The average Bonchev–Trinajstić information content (AvgIpc) is 3.21. The minimum absolute atomic E-state index is 0.0164. The van der Waals surface area contributed by atoms with Crippen LogP contribution in [0, 0.1) is 5.92 Å². The molecule has 1 aromatic heterocycles. The van der Waals surface area contributed by atoms with Gasteiger partial charge in [-0.3, -0.25) is 4.79 Å². The van der Waals surface area contributed by atoms with Crippen molar-refractivity contribution in [3.63, 3.8) is 0 Å². The maximum atomic E-state index is 13.0. The molecule has 1 aliphatic rings. The van der Waals surface area contributed by atoms with E-state index in [0.29, 0.717) is 37.4 Å². The van der Waals surface area contributed by atoms with Gasteiger partial charge in [-0.25, -0.2) is 8.42 Å². The van der Waals surface area contributed by atoms with E-state index < -0.39 is 10.0 Å². The molecule has 158 valence electrons. The summed E-state index contributed by atoms with van der Waals surface area (Å²) in [5.74, 6) is -0.0822. The van der Waals surface area contributed by atoms with E-state index in [0.717, 1.165) is 12.0 Å². The topological polar surface area (TPSA) is 66.5 Å². The van der Waals surface area contributed by atoms with Crippen molar-refractivity contribution < 1.29 is 13.2 Å². The molecule has 1 fully saturated rings. The molecule has 1 saturated heterocycles. The normalized spacial score (nSPS) is 16.7. The van der Waals surface area contributed by atoms with Gasteiger partial charge < -0.3 is 5.32 Å². The molecule has 7 heteroatoms. The Hall–Kier alpha value is -1.70. The van der Waals surface area contributed by atoms with Crippen molar-refractivity contribution in [3.05, 3.63) is 52.2 Å². The number of hydrogen-bond acceptors (Lipinski definition) is 4. The van der Waals surface area contributed by atoms with Gasteiger partial charge in [0.2, 0.25) is 15.9 Å². The first kappa shape index (κ1) is 22.0. The Morgan fingerprint density at radius 1 is 1.14 bits per heavy atom. The molecule has 3 rings (SSSR count). The predicted octanol–water partition coefficient (Wildman–Crippen LogP) is 3.81. The highest BCUT2D eigenvalue weighted by Crippen LogP contribution is 2.27. The molecule has 0 aliphatic carbocycles. The number of amides is 1. The lowest BCUT2D eigenvalue weighted by atomic mass is 9.87. The number of rotatable bonds is 6. The Labute approximate surface area is 178 Å². The maximum absolute atomic E-state index is 13.0. The van der Waals surface area contributed by atoms with Crippen LogP contribution >= 0.6 is 11.3 Å². The number of sulfonamides is 1. The highest BCUT2D eigenvalue weighted by molar-refractivity contribution is 7.89. The summed E-state index contributed by atoms with van der Waals surface area (Å²) in [6.07, 6.45) is 1.95. The van der Waals surface area contributed by atoms with Crippen LogP contribution in [0.5, 0.6) is 0 Å². The summed E-state index contributed by atoms with van der Waals surface area (Å²) in [7, 11) is -3.52. The van der Waals surface area contributed by atoms with Crippen molar-refractivity contribution in [3.8, 4) is 0 Å². The van der Waals surface area contributed by atoms with Crippen molar-refractivity contribution in [2.24, 2.45) is 5.92 Å². The van der Waals surface area contributed by atoms with Crippen LogP contribution in [0.1, 0.15) is 44.1 Å². The minimum Gasteiger partial charge on any atom is -0.355 e. The molecule has 0 bridgehead atoms. The van der Waals surface area contributed by atoms with E-state index in [-0.39, 0.29) is 17.2 Å².